The van der Waals surface area contributed by atoms with Crippen LogP contribution in [0.3, 0.4) is 0 Å². The van der Waals surface area contributed by atoms with Gasteiger partial charge in [0.1, 0.15) is 0 Å². The first-order chi connectivity index (χ1) is 11.8. The molecular formula is C20H13BrClF3. The molecule has 0 amide bonds. The maximum absolute atomic E-state index is 12.9. The number of rotatable bonds is 3. The standard InChI is InChI=1S/C20H13BrClF3/c21-19(16-2-1-3-17(12-16)20(23,24)25)15-6-4-13(5-7-15)14-8-10-18(22)11-9-14/h1-12,19H. The highest BCUT2D eigenvalue weighted by Gasteiger charge is 2.30. The summed E-state index contributed by atoms with van der Waals surface area (Å²) < 4.78 is 38.6. The summed E-state index contributed by atoms with van der Waals surface area (Å²) in [7, 11) is 0. The zero-order valence-corrected chi connectivity index (χ0v) is 15.2. The third-order valence-electron chi connectivity index (χ3n) is 3.89. The van der Waals surface area contributed by atoms with Gasteiger partial charge in [-0.05, 0) is 40.5 Å². The second-order valence-electron chi connectivity index (χ2n) is 5.61. The molecule has 3 aromatic carbocycles. The van der Waals surface area contributed by atoms with Gasteiger partial charge in [0.15, 0.2) is 0 Å². The molecular weight excluding hydrogens is 413 g/mol. The van der Waals surface area contributed by atoms with Crippen LogP contribution in [0, 0.1) is 0 Å². The summed E-state index contributed by atoms with van der Waals surface area (Å²) >= 11 is 9.39. The van der Waals surface area contributed by atoms with Gasteiger partial charge in [0.25, 0.3) is 0 Å². The second-order valence-corrected chi connectivity index (χ2v) is 6.97. The molecule has 3 rings (SSSR count). The van der Waals surface area contributed by atoms with Crippen LogP contribution in [0.15, 0.2) is 72.8 Å². The molecule has 0 aliphatic carbocycles. The number of hydrogen-bond donors (Lipinski definition) is 0. The van der Waals surface area contributed by atoms with Crippen molar-refractivity contribution in [1.82, 2.24) is 0 Å². The topological polar surface area (TPSA) is 0 Å². The van der Waals surface area contributed by atoms with E-state index in [2.05, 4.69) is 15.9 Å². The Hall–Kier alpha value is -1.78. The Morgan fingerprint density at radius 3 is 1.88 bits per heavy atom. The first-order valence-corrected chi connectivity index (χ1v) is 8.81. The zero-order chi connectivity index (χ0) is 18.0. The van der Waals surface area contributed by atoms with Gasteiger partial charge in [-0.15, -0.1) is 0 Å². The zero-order valence-electron chi connectivity index (χ0n) is 12.9. The Bertz CT molecular complexity index is 855. The molecule has 0 heterocycles. The normalized spacial score (nSPS) is 12.8. The van der Waals surface area contributed by atoms with Gasteiger partial charge in [0, 0.05) is 5.02 Å². The molecule has 1 unspecified atom stereocenters. The van der Waals surface area contributed by atoms with Gasteiger partial charge in [-0.25, -0.2) is 0 Å². The van der Waals surface area contributed by atoms with Crippen LogP contribution >= 0.6 is 27.5 Å². The smallest absolute Gasteiger partial charge is 0.166 e. The summed E-state index contributed by atoms with van der Waals surface area (Å²) in [6, 6.07) is 20.6. The van der Waals surface area contributed by atoms with Crippen molar-refractivity contribution in [2.24, 2.45) is 0 Å². The molecule has 0 aromatic heterocycles. The maximum atomic E-state index is 12.9. The summed E-state index contributed by atoms with van der Waals surface area (Å²) in [6.07, 6.45) is -4.35. The fourth-order valence-electron chi connectivity index (χ4n) is 2.55. The Morgan fingerprint density at radius 1 is 0.760 bits per heavy atom. The summed E-state index contributed by atoms with van der Waals surface area (Å²) in [5.41, 5.74) is 2.85. The quantitative estimate of drug-likeness (QED) is 0.381. The van der Waals surface area contributed by atoms with Gasteiger partial charge in [-0.3, -0.25) is 0 Å². The molecule has 128 valence electrons. The molecule has 5 heteroatoms. The molecule has 0 saturated carbocycles. The van der Waals surface area contributed by atoms with E-state index in [1.54, 1.807) is 6.07 Å². The van der Waals surface area contributed by atoms with E-state index >= 15 is 0 Å². The summed E-state index contributed by atoms with van der Waals surface area (Å²) in [5, 5.41) is 0.672. The lowest BCUT2D eigenvalue weighted by molar-refractivity contribution is -0.137. The summed E-state index contributed by atoms with van der Waals surface area (Å²) in [6.45, 7) is 0. The van der Waals surface area contributed by atoms with Gasteiger partial charge in [0.2, 0.25) is 0 Å². The van der Waals surface area contributed by atoms with Crippen molar-refractivity contribution >= 4 is 27.5 Å². The third-order valence-corrected chi connectivity index (χ3v) is 5.20. The van der Waals surface area contributed by atoms with Crippen molar-refractivity contribution in [3.8, 4) is 11.1 Å². The highest BCUT2D eigenvalue weighted by atomic mass is 79.9. The van der Waals surface area contributed by atoms with Crippen LogP contribution in [0.5, 0.6) is 0 Å². The predicted molar refractivity (Wildman–Crippen MR) is 99.1 cm³/mol. The van der Waals surface area contributed by atoms with Gasteiger partial charge >= 0.3 is 6.18 Å². The van der Waals surface area contributed by atoms with Gasteiger partial charge in [-0.1, -0.05) is 82.1 Å². The molecule has 0 aliphatic heterocycles. The highest BCUT2D eigenvalue weighted by Crippen LogP contribution is 2.36. The number of benzene rings is 3. The van der Waals surface area contributed by atoms with Gasteiger partial charge in [0.05, 0.1) is 10.4 Å². The Balaban J connectivity index is 1.86. The number of halogens is 5. The van der Waals surface area contributed by atoms with Crippen LogP contribution in [-0.2, 0) is 6.18 Å². The van der Waals surface area contributed by atoms with Gasteiger partial charge in [-0.2, -0.15) is 13.2 Å². The van der Waals surface area contributed by atoms with E-state index in [0.717, 1.165) is 22.8 Å². The molecule has 0 aliphatic rings. The van der Waals surface area contributed by atoms with Gasteiger partial charge < -0.3 is 0 Å². The van der Waals surface area contributed by atoms with E-state index in [0.29, 0.717) is 10.6 Å². The van der Waals surface area contributed by atoms with E-state index in [1.807, 2.05) is 48.5 Å². The molecule has 0 fully saturated rings. The Kier molecular flexibility index (Phi) is 5.21. The molecule has 0 saturated heterocycles. The minimum atomic E-state index is -4.35. The first kappa shape index (κ1) is 18.0. The Morgan fingerprint density at radius 2 is 1.32 bits per heavy atom. The highest BCUT2D eigenvalue weighted by molar-refractivity contribution is 9.09. The third kappa shape index (κ3) is 4.25. The van der Waals surface area contributed by atoms with Crippen LogP contribution in [0.4, 0.5) is 13.2 Å². The van der Waals surface area contributed by atoms with Crippen molar-refractivity contribution < 1.29 is 13.2 Å². The largest absolute Gasteiger partial charge is 0.416 e. The molecule has 0 radical (unpaired) electrons. The lowest BCUT2D eigenvalue weighted by atomic mass is 9.99. The van der Waals surface area contributed by atoms with Crippen molar-refractivity contribution in [3.63, 3.8) is 0 Å². The summed E-state index contributed by atoms with van der Waals surface area (Å²) in [4.78, 5) is -0.311. The van der Waals surface area contributed by atoms with Crippen LogP contribution in [0.1, 0.15) is 21.5 Å². The van der Waals surface area contributed by atoms with Crippen molar-refractivity contribution in [2.45, 2.75) is 11.0 Å². The van der Waals surface area contributed by atoms with E-state index in [1.165, 1.54) is 12.1 Å². The molecule has 0 spiro atoms. The van der Waals surface area contributed by atoms with Crippen molar-refractivity contribution in [2.75, 3.05) is 0 Å². The van der Waals surface area contributed by atoms with Crippen LogP contribution in [0.2, 0.25) is 5.02 Å². The average molecular weight is 426 g/mol. The average Bonchev–Trinajstić information content (AvgIpc) is 2.61. The molecule has 0 bridgehead atoms. The van der Waals surface area contributed by atoms with Crippen LogP contribution in [0.25, 0.3) is 11.1 Å². The van der Waals surface area contributed by atoms with Crippen molar-refractivity contribution in [1.29, 1.82) is 0 Å². The summed E-state index contributed by atoms with van der Waals surface area (Å²) in [5.74, 6) is 0. The predicted octanol–water partition coefficient (Wildman–Crippen LogP) is 7.51. The maximum Gasteiger partial charge on any atom is 0.416 e. The number of hydrogen-bond acceptors (Lipinski definition) is 0. The van der Waals surface area contributed by atoms with Crippen LogP contribution < -0.4 is 0 Å². The minimum absolute atomic E-state index is 0.311. The fraction of sp³-hybridized carbons (Fsp3) is 0.100. The number of alkyl halides is 4. The lowest BCUT2D eigenvalue weighted by Crippen LogP contribution is -2.05. The monoisotopic (exact) mass is 424 g/mol. The molecule has 3 aromatic rings. The van der Waals surface area contributed by atoms with E-state index in [-0.39, 0.29) is 4.83 Å². The first-order valence-electron chi connectivity index (χ1n) is 7.52. The molecule has 1 atom stereocenters. The van der Waals surface area contributed by atoms with E-state index in [4.69, 9.17) is 11.6 Å². The SMILES string of the molecule is FC(F)(F)c1cccc(C(Br)c2ccc(-c3ccc(Cl)cc3)cc2)c1. The molecule has 0 N–H and O–H groups in total. The lowest BCUT2D eigenvalue weighted by Gasteiger charge is -2.14. The van der Waals surface area contributed by atoms with E-state index < -0.39 is 11.7 Å². The van der Waals surface area contributed by atoms with Crippen molar-refractivity contribution in [3.05, 3.63) is 94.5 Å². The molecule has 25 heavy (non-hydrogen) atoms. The van der Waals surface area contributed by atoms with E-state index in [9.17, 15) is 13.2 Å². The van der Waals surface area contributed by atoms with Crippen LogP contribution in [-0.4, -0.2) is 0 Å². The second kappa shape index (κ2) is 7.22. The Labute approximate surface area is 157 Å². The molecule has 0 nitrogen and oxygen atoms in total. The fourth-order valence-corrected chi connectivity index (χ4v) is 3.27. The minimum Gasteiger partial charge on any atom is -0.166 e.